The van der Waals surface area contributed by atoms with Crippen LogP contribution in [0.5, 0.6) is 0 Å². The average Bonchev–Trinajstić information content (AvgIpc) is 3.14. The molecule has 0 bridgehead atoms. The number of fused-ring (bicyclic) bond motifs is 1. The van der Waals surface area contributed by atoms with Crippen molar-refractivity contribution in [2.45, 2.75) is 0 Å². The maximum Gasteiger partial charge on any atom is 0.137 e. The van der Waals surface area contributed by atoms with Crippen LogP contribution in [0.2, 0.25) is 0 Å². The van der Waals surface area contributed by atoms with Crippen molar-refractivity contribution >= 4 is 11.0 Å². The first-order chi connectivity index (χ1) is 9.92. The zero-order chi connectivity index (χ0) is 13.4. The molecule has 2 heterocycles. The fourth-order valence-electron chi connectivity index (χ4n) is 2.53. The van der Waals surface area contributed by atoms with Crippen LogP contribution in [0.15, 0.2) is 77.3 Å². The summed E-state index contributed by atoms with van der Waals surface area (Å²) in [6, 6.07) is 22.5. The maximum absolute atomic E-state index is 5.95. The first-order valence-electron chi connectivity index (χ1n) is 6.63. The Hall–Kier alpha value is -2.74. The average molecular weight is 259 g/mol. The van der Waals surface area contributed by atoms with Crippen molar-refractivity contribution < 1.29 is 4.42 Å². The van der Waals surface area contributed by atoms with Gasteiger partial charge in [-0.3, -0.25) is 0 Å². The highest BCUT2D eigenvalue weighted by Crippen LogP contribution is 2.34. The molecule has 0 unspecified atom stereocenters. The van der Waals surface area contributed by atoms with Gasteiger partial charge in [0.05, 0.1) is 5.69 Å². The molecule has 0 aliphatic carbocycles. The Morgan fingerprint density at radius 2 is 1.60 bits per heavy atom. The summed E-state index contributed by atoms with van der Waals surface area (Å²) in [7, 11) is 0. The van der Waals surface area contributed by atoms with E-state index in [9.17, 15) is 0 Å². The molecular formula is C18H13NO. The molecule has 0 saturated heterocycles. The van der Waals surface area contributed by atoms with Gasteiger partial charge in [0, 0.05) is 17.1 Å². The molecule has 2 nitrogen and oxygen atoms in total. The fourth-order valence-corrected chi connectivity index (χ4v) is 2.53. The van der Waals surface area contributed by atoms with Crippen LogP contribution in [0.4, 0.5) is 0 Å². The summed E-state index contributed by atoms with van der Waals surface area (Å²) < 4.78 is 5.95. The molecule has 0 fully saturated rings. The van der Waals surface area contributed by atoms with Crippen LogP contribution >= 0.6 is 0 Å². The number of para-hydroxylation sites is 1. The van der Waals surface area contributed by atoms with Gasteiger partial charge in [-0.1, -0.05) is 48.5 Å². The van der Waals surface area contributed by atoms with Gasteiger partial charge in [0.15, 0.2) is 0 Å². The van der Waals surface area contributed by atoms with Crippen LogP contribution < -0.4 is 0 Å². The van der Waals surface area contributed by atoms with Crippen LogP contribution in [-0.2, 0) is 0 Å². The van der Waals surface area contributed by atoms with E-state index in [1.807, 2.05) is 42.6 Å². The monoisotopic (exact) mass is 259 g/mol. The standard InChI is InChI=1S/C18H13NO/c1-2-6-13(7-3-1)18-15(10-11-19-18)17-12-14-8-4-5-9-16(14)20-17/h1-12,19H. The van der Waals surface area contributed by atoms with Crippen molar-refractivity contribution in [3.05, 3.63) is 72.9 Å². The lowest BCUT2D eigenvalue weighted by Crippen LogP contribution is -1.79. The van der Waals surface area contributed by atoms with Crippen molar-refractivity contribution in [1.29, 1.82) is 0 Å². The van der Waals surface area contributed by atoms with Gasteiger partial charge < -0.3 is 9.40 Å². The number of H-pyrrole nitrogens is 1. The summed E-state index contributed by atoms with van der Waals surface area (Å²) in [5, 5.41) is 1.13. The molecule has 4 aromatic rings. The molecule has 2 aromatic carbocycles. The summed E-state index contributed by atoms with van der Waals surface area (Å²) >= 11 is 0. The summed E-state index contributed by atoms with van der Waals surface area (Å²) in [5.41, 5.74) is 4.26. The molecule has 0 radical (unpaired) electrons. The van der Waals surface area contributed by atoms with E-state index in [4.69, 9.17) is 4.42 Å². The molecule has 0 saturated carbocycles. The third-order valence-electron chi connectivity index (χ3n) is 3.50. The second-order valence-corrected chi connectivity index (χ2v) is 4.78. The smallest absolute Gasteiger partial charge is 0.137 e. The molecule has 0 spiro atoms. The van der Waals surface area contributed by atoms with Crippen LogP contribution in [0.1, 0.15) is 0 Å². The van der Waals surface area contributed by atoms with Crippen molar-refractivity contribution in [3.63, 3.8) is 0 Å². The maximum atomic E-state index is 5.95. The lowest BCUT2D eigenvalue weighted by molar-refractivity contribution is 0.632. The number of benzene rings is 2. The molecule has 4 rings (SSSR count). The van der Waals surface area contributed by atoms with Gasteiger partial charge in [0.25, 0.3) is 0 Å². The molecular weight excluding hydrogens is 246 g/mol. The summed E-state index contributed by atoms with van der Waals surface area (Å²) in [6.07, 6.45) is 1.95. The van der Waals surface area contributed by atoms with Gasteiger partial charge in [0.1, 0.15) is 11.3 Å². The zero-order valence-corrected chi connectivity index (χ0v) is 10.8. The van der Waals surface area contributed by atoms with E-state index in [0.717, 1.165) is 33.6 Å². The first-order valence-corrected chi connectivity index (χ1v) is 6.63. The second-order valence-electron chi connectivity index (χ2n) is 4.78. The predicted molar refractivity (Wildman–Crippen MR) is 81.4 cm³/mol. The Balaban J connectivity index is 1.89. The summed E-state index contributed by atoms with van der Waals surface area (Å²) in [6.45, 7) is 0. The van der Waals surface area contributed by atoms with Crippen LogP contribution in [0.3, 0.4) is 0 Å². The Labute approximate surface area is 116 Å². The van der Waals surface area contributed by atoms with Gasteiger partial charge >= 0.3 is 0 Å². The molecule has 0 amide bonds. The number of hydrogen-bond acceptors (Lipinski definition) is 1. The summed E-state index contributed by atoms with van der Waals surface area (Å²) in [5.74, 6) is 0.895. The number of nitrogens with one attached hydrogen (secondary N) is 1. The van der Waals surface area contributed by atoms with Gasteiger partial charge in [-0.15, -0.1) is 0 Å². The SMILES string of the molecule is c1ccc(-c2[nH]ccc2-c2cc3ccccc3o2)cc1. The largest absolute Gasteiger partial charge is 0.456 e. The van der Waals surface area contributed by atoms with E-state index in [0.29, 0.717) is 0 Å². The van der Waals surface area contributed by atoms with E-state index in [-0.39, 0.29) is 0 Å². The van der Waals surface area contributed by atoms with Crippen LogP contribution in [-0.4, -0.2) is 4.98 Å². The highest BCUT2D eigenvalue weighted by molar-refractivity contribution is 5.87. The Bertz CT molecular complexity index is 822. The molecule has 0 atom stereocenters. The zero-order valence-electron chi connectivity index (χ0n) is 10.8. The number of furan rings is 1. The van der Waals surface area contributed by atoms with Crippen molar-refractivity contribution in [3.8, 4) is 22.6 Å². The molecule has 0 aliphatic heterocycles. The minimum Gasteiger partial charge on any atom is -0.456 e. The molecule has 20 heavy (non-hydrogen) atoms. The van der Waals surface area contributed by atoms with Crippen molar-refractivity contribution in [1.82, 2.24) is 4.98 Å². The van der Waals surface area contributed by atoms with Gasteiger partial charge in [-0.05, 0) is 23.8 Å². The molecule has 2 aromatic heterocycles. The predicted octanol–water partition coefficient (Wildman–Crippen LogP) is 5.09. The van der Waals surface area contributed by atoms with E-state index < -0.39 is 0 Å². The van der Waals surface area contributed by atoms with Gasteiger partial charge in [-0.25, -0.2) is 0 Å². The van der Waals surface area contributed by atoms with E-state index in [1.165, 1.54) is 0 Å². The number of rotatable bonds is 2. The van der Waals surface area contributed by atoms with Crippen LogP contribution in [0.25, 0.3) is 33.6 Å². The Morgan fingerprint density at radius 1 is 0.800 bits per heavy atom. The highest BCUT2D eigenvalue weighted by atomic mass is 16.3. The van der Waals surface area contributed by atoms with E-state index in [1.54, 1.807) is 0 Å². The first kappa shape index (κ1) is 11.1. The third kappa shape index (κ3) is 1.74. The molecule has 0 aliphatic rings. The van der Waals surface area contributed by atoms with Gasteiger partial charge in [-0.2, -0.15) is 0 Å². The van der Waals surface area contributed by atoms with Crippen LogP contribution in [0, 0.1) is 0 Å². The lowest BCUT2D eigenvalue weighted by Gasteiger charge is -2.01. The minimum absolute atomic E-state index is 0.895. The topological polar surface area (TPSA) is 28.9 Å². The fraction of sp³-hybridized carbons (Fsp3) is 0. The normalized spacial score (nSPS) is 11.0. The molecule has 1 N–H and O–H groups in total. The number of aromatic amines is 1. The molecule has 2 heteroatoms. The quantitative estimate of drug-likeness (QED) is 0.533. The molecule has 96 valence electrons. The van der Waals surface area contributed by atoms with E-state index in [2.05, 4.69) is 35.3 Å². The number of aromatic nitrogens is 1. The summed E-state index contributed by atoms with van der Waals surface area (Å²) in [4.78, 5) is 3.30. The lowest BCUT2D eigenvalue weighted by atomic mass is 10.1. The van der Waals surface area contributed by atoms with Crippen molar-refractivity contribution in [2.24, 2.45) is 0 Å². The Kier molecular flexibility index (Phi) is 2.46. The van der Waals surface area contributed by atoms with E-state index >= 15 is 0 Å². The second kappa shape index (κ2) is 4.42. The van der Waals surface area contributed by atoms with Crippen molar-refractivity contribution in [2.75, 3.05) is 0 Å². The number of hydrogen-bond donors (Lipinski definition) is 1. The Morgan fingerprint density at radius 3 is 2.45 bits per heavy atom. The highest BCUT2D eigenvalue weighted by Gasteiger charge is 2.12. The van der Waals surface area contributed by atoms with Gasteiger partial charge in [0.2, 0.25) is 0 Å². The minimum atomic E-state index is 0.895. The third-order valence-corrected chi connectivity index (χ3v) is 3.50.